The van der Waals surface area contributed by atoms with Crippen molar-refractivity contribution in [3.8, 4) is 22.9 Å². The fourth-order valence-corrected chi connectivity index (χ4v) is 6.22. The lowest BCUT2D eigenvalue weighted by Gasteiger charge is -2.37. The minimum atomic E-state index is -3.95. The van der Waals surface area contributed by atoms with Crippen molar-refractivity contribution in [2.24, 2.45) is 11.8 Å². The van der Waals surface area contributed by atoms with Gasteiger partial charge in [0.2, 0.25) is 15.9 Å². The number of amides is 1. The molecule has 1 aliphatic heterocycles. The van der Waals surface area contributed by atoms with Crippen LogP contribution >= 0.6 is 0 Å². The summed E-state index contributed by atoms with van der Waals surface area (Å²) in [5.41, 5.74) is 1.98. The predicted molar refractivity (Wildman–Crippen MR) is 131 cm³/mol. The highest BCUT2D eigenvalue weighted by molar-refractivity contribution is 7.89. The Morgan fingerprint density at radius 3 is 2.63 bits per heavy atom. The molecule has 1 heterocycles. The molecule has 0 spiro atoms. The Morgan fingerprint density at radius 2 is 1.97 bits per heavy atom. The van der Waals surface area contributed by atoms with E-state index in [0.717, 1.165) is 18.4 Å². The number of hydrogen-bond acceptors (Lipinski definition) is 6. The molecule has 1 saturated carbocycles. The maximum Gasteiger partial charge on any atom is 0.247 e. The average molecular weight is 498 g/mol. The number of benzene rings is 2. The average Bonchev–Trinajstić information content (AvgIpc) is 3.70. The maximum absolute atomic E-state index is 13.6. The van der Waals surface area contributed by atoms with Crippen molar-refractivity contribution in [1.82, 2.24) is 9.21 Å². The molecule has 4 rings (SSSR count). The van der Waals surface area contributed by atoms with Gasteiger partial charge in [-0.15, -0.1) is 0 Å². The van der Waals surface area contributed by atoms with Crippen molar-refractivity contribution in [1.29, 1.82) is 5.26 Å². The van der Waals surface area contributed by atoms with E-state index in [1.54, 1.807) is 49.2 Å². The van der Waals surface area contributed by atoms with Crippen molar-refractivity contribution >= 4 is 15.9 Å². The van der Waals surface area contributed by atoms with Crippen LogP contribution in [0.3, 0.4) is 0 Å². The molecule has 3 atom stereocenters. The Bertz CT molecular complexity index is 1250. The third-order valence-electron chi connectivity index (χ3n) is 6.75. The molecule has 1 N–H and O–H groups in total. The highest BCUT2D eigenvalue weighted by Crippen LogP contribution is 2.37. The summed E-state index contributed by atoms with van der Waals surface area (Å²) >= 11 is 0. The molecule has 9 heteroatoms. The molecule has 0 radical (unpaired) electrons. The second kappa shape index (κ2) is 9.97. The van der Waals surface area contributed by atoms with Gasteiger partial charge in [-0.3, -0.25) is 4.79 Å². The van der Waals surface area contributed by atoms with Crippen LogP contribution in [-0.2, 0) is 14.8 Å². The van der Waals surface area contributed by atoms with Crippen LogP contribution in [0.2, 0.25) is 0 Å². The largest absolute Gasteiger partial charge is 0.487 e. The number of carbonyl (C=O) groups is 1. The standard InChI is InChI=1S/C26H31N3O5S/c1-17-14-29(18(2)16-30)35(32,33)25-10-9-22(21-6-4-5-19(11-21)13-27)12-23(25)34-24(17)15-28(3)26(31)20-7-8-20/h4-6,9-12,17-18,20,24,30H,7-8,14-16H2,1-3H3/t17-,18+,24+/m0/s1. The van der Waals surface area contributed by atoms with E-state index in [0.29, 0.717) is 17.7 Å². The molecule has 35 heavy (non-hydrogen) atoms. The van der Waals surface area contributed by atoms with Gasteiger partial charge in [-0.2, -0.15) is 9.57 Å². The zero-order valence-electron chi connectivity index (χ0n) is 20.2. The van der Waals surface area contributed by atoms with E-state index in [1.165, 1.54) is 10.4 Å². The molecule has 0 aromatic heterocycles. The molecule has 186 valence electrons. The third-order valence-corrected chi connectivity index (χ3v) is 8.77. The number of aliphatic hydroxyl groups excluding tert-OH is 1. The van der Waals surface area contributed by atoms with E-state index >= 15 is 0 Å². The number of carbonyl (C=O) groups excluding carboxylic acids is 1. The molecule has 1 amide bonds. The number of fused-ring (bicyclic) bond motifs is 1. The number of ether oxygens (including phenoxy) is 1. The lowest BCUT2D eigenvalue weighted by Crippen LogP contribution is -2.50. The van der Waals surface area contributed by atoms with E-state index in [-0.39, 0.29) is 41.5 Å². The highest BCUT2D eigenvalue weighted by atomic mass is 32.2. The molecule has 2 aromatic rings. The maximum atomic E-state index is 13.6. The third kappa shape index (κ3) is 5.20. The first-order valence-corrected chi connectivity index (χ1v) is 13.3. The van der Waals surface area contributed by atoms with Crippen LogP contribution in [0.25, 0.3) is 11.1 Å². The number of hydrogen-bond donors (Lipinski definition) is 1. The Morgan fingerprint density at radius 1 is 1.26 bits per heavy atom. The first-order valence-electron chi connectivity index (χ1n) is 11.8. The minimum Gasteiger partial charge on any atom is -0.487 e. The number of likely N-dealkylation sites (N-methyl/N-ethyl adjacent to an activating group) is 1. The predicted octanol–water partition coefficient (Wildman–Crippen LogP) is 2.86. The van der Waals surface area contributed by atoms with E-state index in [1.807, 2.05) is 13.0 Å². The Kier molecular flexibility index (Phi) is 7.17. The van der Waals surface area contributed by atoms with E-state index < -0.39 is 22.2 Å². The Labute approximate surface area is 206 Å². The van der Waals surface area contributed by atoms with Crippen LogP contribution < -0.4 is 4.74 Å². The number of rotatable bonds is 6. The summed E-state index contributed by atoms with van der Waals surface area (Å²) in [5.74, 6) is 0.107. The fraction of sp³-hybridized carbons (Fsp3) is 0.462. The summed E-state index contributed by atoms with van der Waals surface area (Å²) in [6.45, 7) is 3.74. The molecular weight excluding hydrogens is 466 g/mol. The van der Waals surface area contributed by atoms with Crippen molar-refractivity contribution in [3.05, 3.63) is 48.0 Å². The SMILES string of the molecule is C[C@H](CO)N1C[C@H](C)[C@@H](CN(C)C(=O)C2CC2)Oc2cc(-c3cccc(C#N)c3)ccc2S1(=O)=O. The van der Waals surface area contributed by atoms with Gasteiger partial charge >= 0.3 is 0 Å². The van der Waals surface area contributed by atoms with Crippen LogP contribution in [-0.4, -0.2) is 67.5 Å². The number of sulfonamides is 1. The normalized spacial score (nSPS) is 22.6. The van der Waals surface area contributed by atoms with Crippen LogP contribution in [0.1, 0.15) is 32.3 Å². The van der Waals surface area contributed by atoms with Gasteiger partial charge in [-0.25, -0.2) is 8.42 Å². The zero-order valence-corrected chi connectivity index (χ0v) is 21.0. The first-order chi connectivity index (χ1) is 16.6. The first kappa shape index (κ1) is 25.2. The molecular formula is C26H31N3O5S. The monoisotopic (exact) mass is 497 g/mol. The molecule has 0 unspecified atom stereocenters. The number of nitriles is 1. The van der Waals surface area contributed by atoms with Gasteiger partial charge in [0, 0.05) is 31.5 Å². The van der Waals surface area contributed by atoms with Crippen LogP contribution in [0.5, 0.6) is 5.75 Å². The van der Waals surface area contributed by atoms with Crippen LogP contribution in [0.4, 0.5) is 0 Å². The second-order valence-electron chi connectivity index (χ2n) is 9.59. The van der Waals surface area contributed by atoms with Crippen molar-refractivity contribution in [2.75, 3.05) is 26.7 Å². The smallest absolute Gasteiger partial charge is 0.247 e. The topological polar surface area (TPSA) is 111 Å². The molecule has 8 nitrogen and oxygen atoms in total. The fourth-order valence-electron chi connectivity index (χ4n) is 4.39. The molecule has 2 aromatic carbocycles. The Hall–Kier alpha value is -2.93. The molecule has 1 aliphatic carbocycles. The van der Waals surface area contributed by atoms with Gasteiger partial charge in [0.25, 0.3) is 0 Å². The van der Waals surface area contributed by atoms with Crippen molar-refractivity contribution in [2.45, 2.75) is 43.7 Å². The molecule has 2 aliphatic rings. The summed E-state index contributed by atoms with van der Waals surface area (Å²) in [6.07, 6.45) is 1.35. The van der Waals surface area contributed by atoms with Gasteiger partial charge in [0.15, 0.2) is 0 Å². The van der Waals surface area contributed by atoms with Gasteiger partial charge in [0.1, 0.15) is 16.7 Å². The summed E-state index contributed by atoms with van der Waals surface area (Å²) in [6, 6.07) is 13.5. The number of aliphatic hydroxyl groups is 1. The summed E-state index contributed by atoms with van der Waals surface area (Å²) in [5, 5.41) is 19.1. The van der Waals surface area contributed by atoms with E-state index in [2.05, 4.69) is 6.07 Å². The van der Waals surface area contributed by atoms with Crippen molar-refractivity contribution in [3.63, 3.8) is 0 Å². The second-order valence-corrected chi connectivity index (χ2v) is 11.4. The summed E-state index contributed by atoms with van der Waals surface area (Å²) in [7, 11) is -2.20. The van der Waals surface area contributed by atoms with Crippen molar-refractivity contribution < 1.29 is 23.1 Å². The molecule has 0 saturated heterocycles. The Balaban J connectivity index is 1.78. The van der Waals surface area contributed by atoms with Gasteiger partial charge in [0.05, 0.1) is 24.8 Å². The summed E-state index contributed by atoms with van der Waals surface area (Å²) < 4.78 is 34.9. The van der Waals surface area contributed by atoms with E-state index in [9.17, 15) is 23.6 Å². The summed E-state index contributed by atoms with van der Waals surface area (Å²) in [4.78, 5) is 14.3. The lowest BCUT2D eigenvalue weighted by atomic mass is 10.0. The number of nitrogens with zero attached hydrogens (tertiary/aromatic N) is 3. The lowest BCUT2D eigenvalue weighted by molar-refractivity contribution is -0.132. The van der Waals surface area contributed by atoms with Crippen LogP contribution in [0, 0.1) is 23.2 Å². The molecule has 0 bridgehead atoms. The highest BCUT2D eigenvalue weighted by Gasteiger charge is 2.39. The zero-order chi connectivity index (χ0) is 25.3. The van der Waals surface area contributed by atoms with Gasteiger partial charge in [-0.05, 0) is 55.2 Å². The quantitative estimate of drug-likeness (QED) is 0.657. The van der Waals surface area contributed by atoms with Gasteiger partial charge in [-0.1, -0.05) is 25.1 Å². The van der Waals surface area contributed by atoms with E-state index in [4.69, 9.17) is 4.74 Å². The minimum absolute atomic E-state index is 0.0195. The van der Waals surface area contributed by atoms with Crippen LogP contribution in [0.15, 0.2) is 47.4 Å². The van der Waals surface area contributed by atoms with Gasteiger partial charge < -0.3 is 14.7 Å². The molecule has 1 fully saturated rings.